The molecule has 2 N–H and O–H groups in total. The zero-order chi connectivity index (χ0) is 19.1. The summed E-state index contributed by atoms with van der Waals surface area (Å²) in [4.78, 5) is 15.4. The first-order chi connectivity index (χ1) is 13.2. The molecule has 2 aromatic heterocycles. The summed E-state index contributed by atoms with van der Waals surface area (Å²) in [5.74, 6) is -0.202. The lowest BCUT2D eigenvalue weighted by atomic mass is 10.2. The molecule has 0 unspecified atom stereocenters. The lowest BCUT2D eigenvalue weighted by molar-refractivity contribution is -0.143. The topological polar surface area (TPSA) is 83.0 Å². The van der Waals surface area contributed by atoms with E-state index >= 15 is 0 Å². The maximum atomic E-state index is 11.2. The normalized spacial score (nSPS) is 10.4. The predicted octanol–water partition coefficient (Wildman–Crippen LogP) is 3.81. The summed E-state index contributed by atoms with van der Waals surface area (Å²) in [6.45, 7) is 2.73. The van der Waals surface area contributed by atoms with Crippen molar-refractivity contribution in [3.05, 3.63) is 67.0 Å². The quantitative estimate of drug-likeness (QED) is 0.441. The molecule has 6 heteroatoms. The van der Waals surface area contributed by atoms with Gasteiger partial charge in [-0.2, -0.15) is 5.10 Å². The molecule has 0 fully saturated rings. The maximum Gasteiger partial charge on any atom is 0.307 e. The van der Waals surface area contributed by atoms with E-state index in [4.69, 9.17) is 10.5 Å². The summed E-state index contributed by atoms with van der Waals surface area (Å²) in [5.41, 5.74) is 8.33. The Balaban J connectivity index is 0.000000177. The van der Waals surface area contributed by atoms with E-state index in [9.17, 15) is 4.79 Å². The van der Waals surface area contributed by atoms with Crippen molar-refractivity contribution in [2.75, 3.05) is 12.3 Å². The van der Waals surface area contributed by atoms with Gasteiger partial charge in [-0.3, -0.25) is 14.5 Å². The number of nitrogen functional groups attached to an aromatic ring is 1. The van der Waals surface area contributed by atoms with Crippen molar-refractivity contribution < 1.29 is 9.53 Å². The summed E-state index contributed by atoms with van der Waals surface area (Å²) in [6, 6.07) is 17.6. The van der Waals surface area contributed by atoms with E-state index in [0.717, 1.165) is 16.4 Å². The highest BCUT2D eigenvalue weighted by Crippen LogP contribution is 2.15. The van der Waals surface area contributed by atoms with Crippen LogP contribution in [0.15, 0.2) is 67.0 Å². The fourth-order valence-electron chi connectivity index (χ4n) is 2.66. The Hall–Kier alpha value is -3.41. The molecule has 2 heterocycles. The Morgan fingerprint density at radius 3 is 2.70 bits per heavy atom. The summed E-state index contributed by atoms with van der Waals surface area (Å²) < 4.78 is 6.59. The number of aromatic nitrogens is 3. The van der Waals surface area contributed by atoms with Crippen LogP contribution >= 0.6 is 0 Å². The van der Waals surface area contributed by atoms with Gasteiger partial charge in [0, 0.05) is 28.9 Å². The zero-order valence-corrected chi connectivity index (χ0v) is 15.2. The first-order valence-electron chi connectivity index (χ1n) is 8.84. The minimum Gasteiger partial charge on any atom is -0.466 e. The van der Waals surface area contributed by atoms with Gasteiger partial charge in [-0.25, -0.2) is 0 Å². The number of rotatable bonds is 4. The van der Waals surface area contributed by atoms with E-state index in [2.05, 4.69) is 22.2 Å². The number of nitrogens with two attached hydrogens (primary N) is 1. The predicted molar refractivity (Wildman–Crippen MR) is 107 cm³/mol. The highest BCUT2D eigenvalue weighted by molar-refractivity contribution is 5.81. The molecule has 0 aliphatic heterocycles. The number of anilines is 1. The number of hydrogen-bond donors (Lipinski definition) is 1. The number of carbonyl (C=O) groups is 1. The number of hydrogen-bond acceptors (Lipinski definition) is 5. The molecule has 0 saturated heterocycles. The molecule has 0 atom stereocenters. The van der Waals surface area contributed by atoms with Crippen molar-refractivity contribution in [1.29, 1.82) is 0 Å². The van der Waals surface area contributed by atoms with E-state index in [-0.39, 0.29) is 5.97 Å². The van der Waals surface area contributed by atoms with Gasteiger partial charge in [-0.15, -0.1) is 0 Å². The van der Waals surface area contributed by atoms with Crippen molar-refractivity contribution in [3.8, 4) is 0 Å². The molecule has 4 rings (SSSR count). The smallest absolute Gasteiger partial charge is 0.307 e. The summed E-state index contributed by atoms with van der Waals surface area (Å²) in [6.07, 6.45) is 4.02. The minimum absolute atomic E-state index is 0.202. The molecule has 138 valence electrons. The lowest BCUT2D eigenvalue weighted by Gasteiger charge is -2.01. The van der Waals surface area contributed by atoms with E-state index in [1.807, 2.05) is 54.9 Å². The molecule has 27 heavy (non-hydrogen) atoms. The number of aryl methyl sites for hydroxylation is 1. The average Bonchev–Trinajstić information content (AvgIpc) is 3.09. The molecule has 6 nitrogen and oxygen atoms in total. The third-order valence-corrected chi connectivity index (χ3v) is 3.94. The van der Waals surface area contributed by atoms with E-state index in [1.165, 1.54) is 5.39 Å². The number of benzene rings is 2. The number of nitrogens with zero attached hydrogens (tertiary/aromatic N) is 3. The molecule has 0 bridgehead atoms. The second-order valence-corrected chi connectivity index (χ2v) is 5.96. The average molecular weight is 362 g/mol. The van der Waals surface area contributed by atoms with Gasteiger partial charge in [0.15, 0.2) is 0 Å². The SMILES string of the molecule is CCOC(=O)CCn1cc2cc(N)ccc2n1.c1ccc2ncccc2c1. The lowest BCUT2D eigenvalue weighted by Crippen LogP contribution is -2.09. The Morgan fingerprint density at radius 1 is 1.07 bits per heavy atom. The number of esters is 1. The Morgan fingerprint density at radius 2 is 1.89 bits per heavy atom. The van der Waals surface area contributed by atoms with Crippen LogP contribution in [0.4, 0.5) is 5.69 Å². The highest BCUT2D eigenvalue weighted by atomic mass is 16.5. The van der Waals surface area contributed by atoms with Crippen molar-refractivity contribution >= 4 is 33.5 Å². The van der Waals surface area contributed by atoms with E-state index in [0.29, 0.717) is 25.3 Å². The number of pyridine rings is 1. The van der Waals surface area contributed by atoms with Crippen LogP contribution in [0.3, 0.4) is 0 Å². The largest absolute Gasteiger partial charge is 0.466 e. The molecule has 0 aliphatic carbocycles. The second kappa shape index (κ2) is 8.80. The van der Waals surface area contributed by atoms with Crippen molar-refractivity contribution in [3.63, 3.8) is 0 Å². The van der Waals surface area contributed by atoms with Crippen LogP contribution in [0.5, 0.6) is 0 Å². The second-order valence-electron chi connectivity index (χ2n) is 5.96. The summed E-state index contributed by atoms with van der Waals surface area (Å²) in [7, 11) is 0. The molecule has 0 saturated carbocycles. The first-order valence-corrected chi connectivity index (χ1v) is 8.84. The molecule has 0 spiro atoms. The summed E-state index contributed by atoms with van der Waals surface area (Å²) in [5, 5.41) is 6.52. The third kappa shape index (κ3) is 5.04. The van der Waals surface area contributed by atoms with Gasteiger partial charge in [-0.1, -0.05) is 24.3 Å². The molecular weight excluding hydrogens is 340 g/mol. The molecule has 0 amide bonds. The molecule has 0 radical (unpaired) electrons. The highest BCUT2D eigenvalue weighted by Gasteiger charge is 2.05. The van der Waals surface area contributed by atoms with Crippen LogP contribution in [0.1, 0.15) is 13.3 Å². The molecule has 4 aromatic rings. The van der Waals surface area contributed by atoms with Crippen LogP contribution in [0.2, 0.25) is 0 Å². The Labute approximate surface area is 157 Å². The first kappa shape index (κ1) is 18.4. The number of carbonyl (C=O) groups excluding carboxylic acids is 1. The summed E-state index contributed by atoms with van der Waals surface area (Å²) >= 11 is 0. The zero-order valence-electron chi connectivity index (χ0n) is 15.2. The standard InChI is InChI=1S/C12H15N3O2.C9H7N/c1-2-17-12(16)5-6-15-8-9-7-10(13)3-4-11(9)14-15;1-2-6-9-8(4-1)5-3-7-10-9/h3-4,7-8H,2,5-6,13H2,1H3;1-7H. The van der Waals surface area contributed by atoms with Gasteiger partial charge >= 0.3 is 5.97 Å². The van der Waals surface area contributed by atoms with Gasteiger partial charge in [0.2, 0.25) is 0 Å². The minimum atomic E-state index is -0.202. The van der Waals surface area contributed by atoms with Crippen molar-refractivity contribution in [2.45, 2.75) is 19.9 Å². The Kier molecular flexibility index (Phi) is 5.99. The van der Waals surface area contributed by atoms with Crippen molar-refractivity contribution in [1.82, 2.24) is 14.8 Å². The van der Waals surface area contributed by atoms with E-state index < -0.39 is 0 Å². The van der Waals surface area contributed by atoms with Crippen molar-refractivity contribution in [2.24, 2.45) is 0 Å². The van der Waals surface area contributed by atoms with Gasteiger partial charge in [0.1, 0.15) is 0 Å². The van der Waals surface area contributed by atoms with Crippen LogP contribution in [0, 0.1) is 0 Å². The van der Waals surface area contributed by atoms with Crippen LogP contribution in [-0.4, -0.2) is 27.3 Å². The number of fused-ring (bicyclic) bond motifs is 2. The fourth-order valence-corrected chi connectivity index (χ4v) is 2.66. The van der Waals surface area contributed by atoms with Crippen LogP contribution in [-0.2, 0) is 16.1 Å². The fraction of sp³-hybridized carbons (Fsp3) is 0.190. The number of para-hydroxylation sites is 1. The monoisotopic (exact) mass is 362 g/mol. The van der Waals surface area contributed by atoms with Crippen LogP contribution < -0.4 is 5.73 Å². The maximum absolute atomic E-state index is 11.2. The van der Waals surface area contributed by atoms with Crippen LogP contribution in [0.25, 0.3) is 21.8 Å². The molecule has 0 aliphatic rings. The van der Waals surface area contributed by atoms with Gasteiger partial charge in [0.05, 0.1) is 30.6 Å². The number of ether oxygens (including phenoxy) is 1. The van der Waals surface area contributed by atoms with Gasteiger partial charge < -0.3 is 10.5 Å². The van der Waals surface area contributed by atoms with Gasteiger partial charge in [-0.05, 0) is 37.3 Å². The molecule has 2 aromatic carbocycles. The van der Waals surface area contributed by atoms with E-state index in [1.54, 1.807) is 11.6 Å². The molecular formula is C21H22N4O2. The van der Waals surface area contributed by atoms with Gasteiger partial charge in [0.25, 0.3) is 0 Å². The Bertz CT molecular complexity index is 977. The third-order valence-electron chi connectivity index (χ3n) is 3.94.